The standard InChI is InChI=1S/C25H26N2O5.C2H6/c1-17-13-21(11-8-19(17)14-26)30-16-23-22(15-31-24-5-3-4-12-29-24)27-25(32-23)18-6-9-20(28-2)10-7-18;1-2/h6-11,13,24H,3-5,12,15-16H2,1-2H3;1-2H3. The van der Waals surface area contributed by atoms with Gasteiger partial charge in [-0.25, -0.2) is 4.98 Å². The van der Waals surface area contributed by atoms with Gasteiger partial charge in [-0.3, -0.25) is 0 Å². The molecule has 0 bridgehead atoms. The molecule has 0 N–H and O–H groups in total. The molecule has 3 aromatic rings. The monoisotopic (exact) mass is 464 g/mol. The smallest absolute Gasteiger partial charge is 0.226 e. The van der Waals surface area contributed by atoms with E-state index in [1.165, 1.54) is 0 Å². The summed E-state index contributed by atoms with van der Waals surface area (Å²) < 4.78 is 28.8. The summed E-state index contributed by atoms with van der Waals surface area (Å²) in [6, 6.07) is 15.0. The lowest BCUT2D eigenvalue weighted by Crippen LogP contribution is -2.22. The fourth-order valence-corrected chi connectivity index (χ4v) is 3.48. The van der Waals surface area contributed by atoms with Crippen LogP contribution in [0.4, 0.5) is 0 Å². The summed E-state index contributed by atoms with van der Waals surface area (Å²) in [6.07, 6.45) is 2.81. The van der Waals surface area contributed by atoms with E-state index in [1.807, 2.05) is 51.1 Å². The maximum absolute atomic E-state index is 9.12. The van der Waals surface area contributed by atoms with E-state index in [-0.39, 0.29) is 19.5 Å². The third-order valence-corrected chi connectivity index (χ3v) is 5.35. The zero-order valence-electron chi connectivity index (χ0n) is 20.3. The Kier molecular flexibility index (Phi) is 9.51. The van der Waals surface area contributed by atoms with Gasteiger partial charge in [-0.1, -0.05) is 13.8 Å². The van der Waals surface area contributed by atoms with Crippen molar-refractivity contribution >= 4 is 0 Å². The van der Waals surface area contributed by atoms with Crippen molar-refractivity contribution in [2.75, 3.05) is 13.7 Å². The van der Waals surface area contributed by atoms with Gasteiger partial charge in [0.25, 0.3) is 0 Å². The summed E-state index contributed by atoms with van der Waals surface area (Å²) in [6.45, 7) is 7.06. The Labute approximate surface area is 201 Å². The number of aryl methyl sites for hydroxylation is 1. The van der Waals surface area contributed by atoms with Crippen LogP contribution in [0.15, 0.2) is 46.9 Å². The molecule has 34 heavy (non-hydrogen) atoms. The number of benzene rings is 2. The summed E-state index contributed by atoms with van der Waals surface area (Å²) in [5.41, 5.74) is 3.00. The van der Waals surface area contributed by atoms with E-state index in [0.29, 0.717) is 35.3 Å². The van der Waals surface area contributed by atoms with Gasteiger partial charge in [-0.15, -0.1) is 0 Å². The maximum Gasteiger partial charge on any atom is 0.226 e. The number of oxazole rings is 1. The molecule has 1 atom stereocenters. The molecular formula is C27H32N2O5. The van der Waals surface area contributed by atoms with Crippen molar-refractivity contribution in [1.82, 2.24) is 4.98 Å². The van der Waals surface area contributed by atoms with Crippen LogP contribution in [0.5, 0.6) is 11.5 Å². The van der Waals surface area contributed by atoms with Crippen LogP contribution >= 0.6 is 0 Å². The number of rotatable bonds is 8. The van der Waals surface area contributed by atoms with Crippen molar-refractivity contribution in [1.29, 1.82) is 5.26 Å². The highest BCUT2D eigenvalue weighted by Gasteiger charge is 2.20. The van der Waals surface area contributed by atoms with Gasteiger partial charge in [0.2, 0.25) is 5.89 Å². The average molecular weight is 465 g/mol. The highest BCUT2D eigenvalue weighted by atomic mass is 16.7. The second kappa shape index (κ2) is 12.8. The first-order valence-corrected chi connectivity index (χ1v) is 11.7. The first-order chi connectivity index (χ1) is 16.7. The fraction of sp³-hybridized carbons (Fsp3) is 0.407. The highest BCUT2D eigenvalue weighted by Crippen LogP contribution is 2.27. The quantitative estimate of drug-likeness (QED) is 0.393. The molecule has 1 aromatic heterocycles. The second-order valence-electron chi connectivity index (χ2n) is 7.60. The van der Waals surface area contributed by atoms with Crippen molar-refractivity contribution in [2.24, 2.45) is 0 Å². The number of hydrogen-bond donors (Lipinski definition) is 0. The summed E-state index contributed by atoms with van der Waals surface area (Å²) in [7, 11) is 1.63. The van der Waals surface area contributed by atoms with E-state index >= 15 is 0 Å². The van der Waals surface area contributed by atoms with Crippen LogP contribution in [-0.4, -0.2) is 25.0 Å². The zero-order valence-corrected chi connectivity index (χ0v) is 20.3. The molecule has 2 heterocycles. The van der Waals surface area contributed by atoms with Crippen molar-refractivity contribution < 1.29 is 23.4 Å². The van der Waals surface area contributed by atoms with Crippen LogP contribution in [0, 0.1) is 18.3 Å². The van der Waals surface area contributed by atoms with Gasteiger partial charge in [0.05, 0.1) is 25.3 Å². The fourth-order valence-electron chi connectivity index (χ4n) is 3.48. The summed E-state index contributed by atoms with van der Waals surface area (Å²) >= 11 is 0. The summed E-state index contributed by atoms with van der Waals surface area (Å²) in [5.74, 6) is 2.50. The predicted molar refractivity (Wildman–Crippen MR) is 128 cm³/mol. The van der Waals surface area contributed by atoms with Crippen molar-refractivity contribution in [3.05, 3.63) is 65.0 Å². The van der Waals surface area contributed by atoms with Crippen molar-refractivity contribution in [2.45, 2.75) is 59.5 Å². The van der Waals surface area contributed by atoms with Crippen molar-refractivity contribution in [3.8, 4) is 29.0 Å². The molecule has 1 unspecified atom stereocenters. The molecule has 2 aromatic carbocycles. The van der Waals surface area contributed by atoms with Gasteiger partial charge in [0.15, 0.2) is 12.1 Å². The van der Waals surface area contributed by atoms with E-state index in [4.69, 9.17) is 28.6 Å². The molecule has 180 valence electrons. The lowest BCUT2D eigenvalue weighted by Gasteiger charge is -2.22. The third-order valence-electron chi connectivity index (χ3n) is 5.35. The number of hydrogen-bond acceptors (Lipinski definition) is 7. The molecule has 0 spiro atoms. The molecular weight excluding hydrogens is 432 g/mol. The molecule has 1 fully saturated rings. The van der Waals surface area contributed by atoms with Crippen LogP contribution in [0.3, 0.4) is 0 Å². The largest absolute Gasteiger partial charge is 0.497 e. The Morgan fingerprint density at radius 1 is 1.06 bits per heavy atom. The van der Waals surface area contributed by atoms with E-state index in [9.17, 15) is 0 Å². The van der Waals surface area contributed by atoms with Crippen LogP contribution < -0.4 is 9.47 Å². The SMILES string of the molecule is CC.COc1ccc(-c2nc(COC3CCCCO3)c(COc3ccc(C#N)c(C)c3)o2)cc1. The highest BCUT2D eigenvalue weighted by molar-refractivity contribution is 5.55. The zero-order chi connectivity index (χ0) is 24.3. The van der Waals surface area contributed by atoms with E-state index < -0.39 is 0 Å². The van der Waals surface area contributed by atoms with Crippen LogP contribution in [0.1, 0.15) is 55.7 Å². The molecule has 0 saturated carbocycles. The number of methoxy groups -OCH3 is 1. The van der Waals surface area contributed by atoms with Gasteiger partial charge in [0.1, 0.15) is 23.8 Å². The molecule has 7 nitrogen and oxygen atoms in total. The Morgan fingerprint density at radius 2 is 1.82 bits per heavy atom. The number of aromatic nitrogens is 1. The Morgan fingerprint density at radius 3 is 2.47 bits per heavy atom. The number of ether oxygens (including phenoxy) is 4. The predicted octanol–water partition coefficient (Wildman–Crippen LogP) is 6.18. The Hall–Kier alpha value is -3.34. The minimum absolute atomic E-state index is 0.193. The molecule has 0 amide bonds. The lowest BCUT2D eigenvalue weighted by molar-refractivity contribution is -0.169. The van der Waals surface area contributed by atoms with Crippen molar-refractivity contribution in [3.63, 3.8) is 0 Å². The Balaban J connectivity index is 0.00000158. The van der Waals surface area contributed by atoms with E-state index in [0.717, 1.165) is 36.1 Å². The molecule has 7 heteroatoms. The molecule has 4 rings (SSSR count). The van der Waals surface area contributed by atoms with Gasteiger partial charge in [0, 0.05) is 12.2 Å². The van der Waals surface area contributed by atoms with Gasteiger partial charge in [-0.05, 0) is 74.2 Å². The first kappa shape index (κ1) is 25.3. The van der Waals surface area contributed by atoms with Crippen LogP contribution in [0.25, 0.3) is 11.5 Å². The minimum Gasteiger partial charge on any atom is -0.497 e. The first-order valence-electron chi connectivity index (χ1n) is 11.7. The number of nitriles is 1. The summed E-state index contributed by atoms with van der Waals surface area (Å²) in [4.78, 5) is 4.67. The lowest BCUT2D eigenvalue weighted by atomic mass is 10.1. The minimum atomic E-state index is -0.222. The summed E-state index contributed by atoms with van der Waals surface area (Å²) in [5, 5.41) is 9.12. The van der Waals surface area contributed by atoms with Gasteiger partial charge in [-0.2, -0.15) is 5.26 Å². The maximum atomic E-state index is 9.12. The Bertz CT molecular complexity index is 1080. The van der Waals surface area contributed by atoms with Gasteiger partial charge < -0.3 is 23.4 Å². The topological polar surface area (TPSA) is 86.7 Å². The van der Waals surface area contributed by atoms with Gasteiger partial charge >= 0.3 is 0 Å². The normalized spacial score (nSPS) is 15.1. The van der Waals surface area contributed by atoms with Crippen LogP contribution in [0.2, 0.25) is 0 Å². The van der Waals surface area contributed by atoms with E-state index in [2.05, 4.69) is 11.1 Å². The molecule has 1 aliphatic heterocycles. The molecule has 0 radical (unpaired) electrons. The molecule has 1 aliphatic rings. The third kappa shape index (κ3) is 6.60. The van der Waals surface area contributed by atoms with Crippen LogP contribution in [-0.2, 0) is 22.7 Å². The molecule has 1 saturated heterocycles. The number of nitrogens with zero attached hydrogens (tertiary/aromatic N) is 2. The van der Waals surface area contributed by atoms with E-state index in [1.54, 1.807) is 19.2 Å². The molecule has 0 aliphatic carbocycles. The average Bonchev–Trinajstić information content (AvgIpc) is 3.31. The second-order valence-corrected chi connectivity index (χ2v) is 7.60.